The molecule has 1 amide bonds. The highest BCUT2D eigenvalue weighted by atomic mass is 19.4. The molecule has 0 aliphatic carbocycles. The molecule has 2 aromatic rings. The highest BCUT2D eigenvalue weighted by molar-refractivity contribution is 5.92. The minimum Gasteiger partial charge on any atom is -0.378 e. The van der Waals surface area contributed by atoms with Crippen LogP contribution in [0.5, 0.6) is 0 Å². The molecule has 6 nitrogen and oxygen atoms in total. The van der Waals surface area contributed by atoms with Crippen LogP contribution in [0.4, 0.5) is 13.2 Å². The number of rotatable bonds is 3. The summed E-state index contributed by atoms with van der Waals surface area (Å²) in [5.41, 5.74) is -0.539. The average Bonchev–Trinajstić information content (AvgIpc) is 3.03. The van der Waals surface area contributed by atoms with Crippen molar-refractivity contribution in [3.63, 3.8) is 0 Å². The first-order valence-corrected chi connectivity index (χ1v) is 7.37. The van der Waals surface area contributed by atoms with Crippen LogP contribution < -0.4 is 0 Å². The van der Waals surface area contributed by atoms with Gasteiger partial charge in [-0.3, -0.25) is 4.79 Å². The lowest BCUT2D eigenvalue weighted by atomic mass is 10.1. The van der Waals surface area contributed by atoms with Crippen LogP contribution in [-0.2, 0) is 17.5 Å². The van der Waals surface area contributed by atoms with Gasteiger partial charge in [0.2, 0.25) is 0 Å². The zero-order chi connectivity index (χ0) is 17.2. The summed E-state index contributed by atoms with van der Waals surface area (Å²) in [6, 6.07) is 5.27. The molecule has 0 N–H and O–H groups in total. The van der Waals surface area contributed by atoms with Crippen molar-refractivity contribution in [1.82, 2.24) is 19.9 Å². The normalized spacial score (nSPS) is 15.5. The number of amides is 1. The Hall–Kier alpha value is -2.42. The Labute approximate surface area is 135 Å². The highest BCUT2D eigenvalue weighted by Gasteiger charge is 2.33. The Morgan fingerprint density at radius 3 is 2.62 bits per heavy atom. The molecule has 0 spiro atoms. The van der Waals surface area contributed by atoms with Crippen LogP contribution >= 0.6 is 0 Å². The van der Waals surface area contributed by atoms with Crippen molar-refractivity contribution in [1.29, 1.82) is 0 Å². The average molecular weight is 340 g/mol. The molecule has 1 fully saturated rings. The molecule has 1 aromatic heterocycles. The first-order valence-electron chi connectivity index (χ1n) is 7.37. The number of nitrogens with zero attached hydrogens (tertiary/aromatic N) is 4. The lowest BCUT2D eigenvalue weighted by Gasteiger charge is -2.25. The molecule has 0 atom stereocenters. The number of benzene rings is 1. The molecular formula is C15H15F3N4O2. The number of carbonyl (C=O) groups is 1. The maximum atomic E-state index is 13.0. The Kier molecular flexibility index (Phi) is 4.52. The van der Waals surface area contributed by atoms with Crippen LogP contribution in [0.3, 0.4) is 0 Å². The summed E-state index contributed by atoms with van der Waals surface area (Å²) >= 11 is 0. The topological polar surface area (TPSA) is 60.2 Å². The summed E-state index contributed by atoms with van der Waals surface area (Å²) < 4.78 is 45.4. The molecule has 9 heteroatoms. The number of aromatic nitrogens is 3. The van der Waals surface area contributed by atoms with Gasteiger partial charge in [0.25, 0.3) is 5.91 Å². The van der Waals surface area contributed by atoms with E-state index in [9.17, 15) is 18.0 Å². The van der Waals surface area contributed by atoms with E-state index in [1.807, 2.05) is 0 Å². The van der Waals surface area contributed by atoms with Crippen molar-refractivity contribution >= 4 is 5.91 Å². The third-order valence-electron chi connectivity index (χ3n) is 3.71. The van der Waals surface area contributed by atoms with Crippen LogP contribution in [0.25, 0.3) is 0 Å². The fourth-order valence-corrected chi connectivity index (χ4v) is 2.51. The number of ether oxygens (including phenoxy) is 1. The minimum atomic E-state index is -4.44. The predicted octanol–water partition coefficient (Wildman–Crippen LogP) is 1.82. The quantitative estimate of drug-likeness (QED) is 0.855. The molecule has 24 heavy (non-hydrogen) atoms. The highest BCUT2D eigenvalue weighted by Crippen LogP contribution is 2.32. The van der Waals surface area contributed by atoms with Crippen molar-refractivity contribution in [2.24, 2.45) is 0 Å². The van der Waals surface area contributed by atoms with Crippen LogP contribution in [0.1, 0.15) is 21.6 Å². The molecule has 1 aromatic carbocycles. The molecule has 0 radical (unpaired) electrons. The minimum absolute atomic E-state index is 0.0697. The van der Waals surface area contributed by atoms with Gasteiger partial charge in [-0.2, -0.15) is 13.2 Å². The molecule has 0 saturated carbocycles. The van der Waals surface area contributed by atoms with Crippen LogP contribution in [0.2, 0.25) is 0 Å². The number of hydrogen-bond donors (Lipinski definition) is 0. The summed E-state index contributed by atoms with van der Waals surface area (Å²) in [4.78, 5) is 13.9. The van der Waals surface area contributed by atoms with E-state index < -0.39 is 11.7 Å². The van der Waals surface area contributed by atoms with Crippen molar-refractivity contribution in [2.45, 2.75) is 12.7 Å². The third kappa shape index (κ3) is 3.56. The van der Waals surface area contributed by atoms with Gasteiger partial charge in [0, 0.05) is 13.1 Å². The Morgan fingerprint density at radius 1 is 1.21 bits per heavy atom. The number of hydrogen-bond acceptors (Lipinski definition) is 4. The van der Waals surface area contributed by atoms with Crippen LogP contribution in [0.15, 0.2) is 30.5 Å². The van der Waals surface area contributed by atoms with Gasteiger partial charge in [-0.25, -0.2) is 4.68 Å². The molecule has 128 valence electrons. The maximum Gasteiger partial charge on any atom is 0.416 e. The Bertz CT molecular complexity index is 724. The van der Waals surface area contributed by atoms with Gasteiger partial charge in [-0.15, -0.1) is 5.10 Å². The first-order chi connectivity index (χ1) is 11.4. The lowest BCUT2D eigenvalue weighted by molar-refractivity contribution is -0.138. The number of alkyl halides is 3. The summed E-state index contributed by atoms with van der Waals surface area (Å²) in [5.74, 6) is -0.298. The maximum absolute atomic E-state index is 13.0. The Morgan fingerprint density at radius 2 is 1.92 bits per heavy atom. The second-order valence-corrected chi connectivity index (χ2v) is 5.36. The van der Waals surface area contributed by atoms with E-state index in [1.54, 1.807) is 4.90 Å². The van der Waals surface area contributed by atoms with E-state index in [0.717, 1.165) is 6.07 Å². The summed E-state index contributed by atoms with van der Waals surface area (Å²) in [6.45, 7) is 1.72. The molecule has 0 unspecified atom stereocenters. The number of morpholine rings is 1. The molecule has 0 bridgehead atoms. The van der Waals surface area contributed by atoms with Gasteiger partial charge in [-0.05, 0) is 11.6 Å². The fourth-order valence-electron chi connectivity index (χ4n) is 2.51. The van der Waals surface area contributed by atoms with Crippen molar-refractivity contribution in [3.8, 4) is 0 Å². The van der Waals surface area contributed by atoms with E-state index >= 15 is 0 Å². The van der Waals surface area contributed by atoms with Crippen LogP contribution in [-0.4, -0.2) is 52.1 Å². The standard InChI is InChI=1S/C15H15F3N4O2/c16-15(17,18)12-4-2-1-3-11(12)9-22-10-13(19-20-22)14(23)21-5-7-24-8-6-21/h1-4,10H,5-9H2. The van der Waals surface area contributed by atoms with Gasteiger partial charge in [0.05, 0.1) is 31.5 Å². The monoisotopic (exact) mass is 340 g/mol. The van der Waals surface area contributed by atoms with Crippen LogP contribution in [0, 0.1) is 0 Å². The second kappa shape index (κ2) is 6.60. The van der Waals surface area contributed by atoms with E-state index in [-0.39, 0.29) is 23.7 Å². The van der Waals surface area contributed by atoms with Gasteiger partial charge in [-0.1, -0.05) is 23.4 Å². The van der Waals surface area contributed by atoms with E-state index in [0.29, 0.717) is 26.3 Å². The van der Waals surface area contributed by atoms with Gasteiger partial charge in [0.1, 0.15) is 0 Å². The number of halogens is 3. The Balaban J connectivity index is 1.76. The molecule has 1 aliphatic heterocycles. The summed E-state index contributed by atoms with van der Waals surface area (Å²) in [5, 5.41) is 7.55. The molecule has 1 aliphatic rings. The van der Waals surface area contributed by atoms with Gasteiger partial charge in [0.15, 0.2) is 5.69 Å². The van der Waals surface area contributed by atoms with E-state index in [2.05, 4.69) is 10.3 Å². The molecule has 3 rings (SSSR count). The van der Waals surface area contributed by atoms with E-state index in [1.165, 1.54) is 29.1 Å². The summed E-state index contributed by atoms with van der Waals surface area (Å²) in [6.07, 6.45) is -3.07. The molecular weight excluding hydrogens is 325 g/mol. The van der Waals surface area contributed by atoms with Gasteiger partial charge >= 0.3 is 6.18 Å². The van der Waals surface area contributed by atoms with Crippen molar-refractivity contribution < 1.29 is 22.7 Å². The van der Waals surface area contributed by atoms with Gasteiger partial charge < -0.3 is 9.64 Å². The smallest absolute Gasteiger partial charge is 0.378 e. The molecule has 1 saturated heterocycles. The first kappa shape index (κ1) is 16.4. The van der Waals surface area contributed by atoms with Crippen molar-refractivity contribution in [3.05, 3.63) is 47.3 Å². The second-order valence-electron chi connectivity index (χ2n) is 5.36. The number of carbonyl (C=O) groups excluding carboxylic acids is 1. The largest absolute Gasteiger partial charge is 0.416 e. The zero-order valence-electron chi connectivity index (χ0n) is 12.7. The predicted molar refractivity (Wildman–Crippen MR) is 77.3 cm³/mol. The van der Waals surface area contributed by atoms with Crippen molar-refractivity contribution in [2.75, 3.05) is 26.3 Å². The molecule has 2 heterocycles. The summed E-state index contributed by atoms with van der Waals surface area (Å²) in [7, 11) is 0. The third-order valence-corrected chi connectivity index (χ3v) is 3.71. The SMILES string of the molecule is O=C(c1cn(Cc2ccccc2C(F)(F)F)nn1)N1CCOCC1. The fraction of sp³-hybridized carbons (Fsp3) is 0.400. The lowest BCUT2D eigenvalue weighted by Crippen LogP contribution is -2.40. The van der Waals surface area contributed by atoms with E-state index in [4.69, 9.17) is 4.74 Å². The zero-order valence-corrected chi connectivity index (χ0v) is 12.7.